The fraction of sp³-hybridized carbons (Fsp3) is 0.0769. The van der Waals surface area contributed by atoms with Crippen molar-refractivity contribution in [2.45, 2.75) is 0 Å². The van der Waals surface area contributed by atoms with Crippen molar-refractivity contribution in [1.29, 1.82) is 0 Å². The molecule has 4 heterocycles. The lowest BCUT2D eigenvalue weighted by Crippen LogP contribution is -2.08. The molecule has 0 amide bonds. The van der Waals surface area contributed by atoms with E-state index >= 15 is 0 Å². The van der Waals surface area contributed by atoms with Crippen LogP contribution in [0.3, 0.4) is 0 Å². The number of H-pyrrole nitrogens is 2. The Morgan fingerprint density at radius 3 is 2.66 bits per heavy atom. The molecule has 0 atom stereocenters. The van der Waals surface area contributed by atoms with E-state index in [1.165, 1.54) is 12.1 Å². The van der Waals surface area contributed by atoms with Gasteiger partial charge in [0.25, 0.3) is 0 Å². The molecule has 9 heteroatoms. The molecule has 6 aromatic rings. The Bertz CT molecular complexity index is 1700. The summed E-state index contributed by atoms with van der Waals surface area (Å²) in [7, 11) is 3.96. The zero-order valence-corrected chi connectivity index (χ0v) is 18.9. The number of fused-ring (bicyclic) bond motifs is 2. The van der Waals surface area contributed by atoms with E-state index in [1.54, 1.807) is 12.3 Å². The van der Waals surface area contributed by atoms with Crippen molar-refractivity contribution in [2.75, 3.05) is 19.0 Å². The van der Waals surface area contributed by atoms with Crippen LogP contribution in [0.25, 0.3) is 55.8 Å². The fourth-order valence-electron chi connectivity index (χ4n) is 4.20. The summed E-state index contributed by atoms with van der Waals surface area (Å²) in [5.74, 6) is -0.143. The van der Waals surface area contributed by atoms with Gasteiger partial charge in [0.2, 0.25) is 0 Å². The molecule has 0 saturated carbocycles. The second kappa shape index (κ2) is 7.91. The monoisotopic (exact) mass is 465 g/mol. The number of aromatic hydroxyl groups is 1. The van der Waals surface area contributed by atoms with Crippen LogP contribution in [-0.4, -0.2) is 49.3 Å². The predicted octanol–water partition coefficient (Wildman–Crippen LogP) is 5.14. The van der Waals surface area contributed by atoms with Crippen molar-refractivity contribution < 1.29 is 9.50 Å². The quantitative estimate of drug-likeness (QED) is 0.333. The van der Waals surface area contributed by atoms with Crippen molar-refractivity contribution >= 4 is 27.8 Å². The molecule has 0 unspecified atom stereocenters. The first kappa shape index (κ1) is 20.8. The van der Waals surface area contributed by atoms with Crippen LogP contribution in [0.15, 0.2) is 67.1 Å². The number of benzene rings is 2. The summed E-state index contributed by atoms with van der Waals surface area (Å²) in [4.78, 5) is 18.7. The number of halogens is 1. The lowest BCUT2D eigenvalue weighted by molar-refractivity contribution is 0.469. The molecule has 0 bridgehead atoms. The van der Waals surface area contributed by atoms with E-state index in [0.29, 0.717) is 33.8 Å². The molecule has 0 aliphatic carbocycles. The van der Waals surface area contributed by atoms with Crippen LogP contribution in [0.2, 0.25) is 0 Å². The number of aromatic amines is 2. The van der Waals surface area contributed by atoms with E-state index < -0.39 is 5.82 Å². The van der Waals surface area contributed by atoms with Crippen LogP contribution < -0.4 is 4.90 Å². The SMILES string of the molecule is CN(C)c1cncc(-c2ccc3[nH]nc(-c4nc5nccc(-c6cc(O)cc(F)c6)c5[nH]4)c3c2)c1. The van der Waals surface area contributed by atoms with Crippen molar-refractivity contribution in [3.63, 3.8) is 0 Å². The minimum Gasteiger partial charge on any atom is -0.508 e. The maximum atomic E-state index is 13.9. The van der Waals surface area contributed by atoms with Gasteiger partial charge in [-0.1, -0.05) is 6.07 Å². The maximum absolute atomic E-state index is 13.9. The fourth-order valence-corrected chi connectivity index (χ4v) is 4.20. The molecular weight excluding hydrogens is 445 g/mol. The summed E-state index contributed by atoms with van der Waals surface area (Å²) in [6.45, 7) is 0. The highest BCUT2D eigenvalue weighted by molar-refractivity contribution is 5.97. The number of aromatic nitrogens is 6. The van der Waals surface area contributed by atoms with E-state index in [4.69, 9.17) is 0 Å². The highest BCUT2D eigenvalue weighted by atomic mass is 19.1. The standard InChI is InChI=1S/C26H20FN7O/c1-34(2)18-8-16(12-28-13-18)14-3-4-22-21(10-14)24(33-32-22)26-30-23-20(5-6-29-25(23)31-26)15-7-17(27)11-19(35)9-15/h3-13,35H,1-2H3,(H,32,33)(H,29,30,31). The minimum absolute atomic E-state index is 0.150. The van der Waals surface area contributed by atoms with Gasteiger partial charge in [0.05, 0.1) is 22.9 Å². The maximum Gasteiger partial charge on any atom is 0.178 e. The molecule has 0 fully saturated rings. The molecule has 2 aromatic carbocycles. The first-order valence-corrected chi connectivity index (χ1v) is 10.9. The summed E-state index contributed by atoms with van der Waals surface area (Å²) in [5.41, 5.74) is 6.80. The zero-order valence-electron chi connectivity index (χ0n) is 18.9. The lowest BCUT2D eigenvalue weighted by Gasteiger charge is -2.13. The number of hydrogen-bond acceptors (Lipinski definition) is 6. The second-order valence-electron chi connectivity index (χ2n) is 8.50. The number of rotatable bonds is 4. The molecule has 172 valence electrons. The summed E-state index contributed by atoms with van der Waals surface area (Å²) >= 11 is 0. The van der Waals surface area contributed by atoms with E-state index in [0.717, 1.165) is 33.8 Å². The third kappa shape index (κ3) is 3.63. The van der Waals surface area contributed by atoms with E-state index in [1.807, 2.05) is 43.5 Å². The van der Waals surface area contributed by atoms with Gasteiger partial charge in [-0.15, -0.1) is 0 Å². The molecule has 4 aromatic heterocycles. The van der Waals surface area contributed by atoms with Crippen LogP contribution in [0.4, 0.5) is 10.1 Å². The van der Waals surface area contributed by atoms with Crippen molar-refractivity contribution in [3.05, 3.63) is 72.9 Å². The normalized spacial score (nSPS) is 11.4. The molecule has 0 aliphatic rings. The number of imidazole rings is 1. The zero-order chi connectivity index (χ0) is 24.1. The van der Waals surface area contributed by atoms with E-state index in [-0.39, 0.29) is 5.75 Å². The van der Waals surface area contributed by atoms with Gasteiger partial charge in [-0.3, -0.25) is 10.1 Å². The number of phenolic OH excluding ortho intramolecular Hbond substituents is 1. The molecule has 6 rings (SSSR count). The lowest BCUT2D eigenvalue weighted by atomic mass is 10.0. The number of nitrogens with zero attached hydrogens (tertiary/aromatic N) is 5. The number of nitrogens with one attached hydrogen (secondary N) is 2. The summed E-state index contributed by atoms with van der Waals surface area (Å²) in [5, 5.41) is 18.3. The first-order chi connectivity index (χ1) is 17.0. The van der Waals surface area contributed by atoms with Crippen LogP contribution in [0, 0.1) is 5.82 Å². The first-order valence-electron chi connectivity index (χ1n) is 10.9. The Balaban J connectivity index is 1.48. The topological polar surface area (TPSA) is 107 Å². The number of hydrogen-bond donors (Lipinski definition) is 3. The van der Waals surface area contributed by atoms with Gasteiger partial charge in [0, 0.05) is 49.1 Å². The number of phenols is 1. The number of pyridine rings is 2. The molecule has 35 heavy (non-hydrogen) atoms. The molecule has 8 nitrogen and oxygen atoms in total. The Morgan fingerprint density at radius 2 is 1.83 bits per heavy atom. The third-order valence-electron chi connectivity index (χ3n) is 5.95. The number of anilines is 1. The molecule has 0 aliphatic heterocycles. The molecule has 0 spiro atoms. The van der Waals surface area contributed by atoms with Crippen LogP contribution in [-0.2, 0) is 0 Å². The van der Waals surface area contributed by atoms with Crippen LogP contribution in [0.5, 0.6) is 5.75 Å². The van der Waals surface area contributed by atoms with E-state index in [9.17, 15) is 9.50 Å². The van der Waals surface area contributed by atoms with Gasteiger partial charge >= 0.3 is 0 Å². The summed E-state index contributed by atoms with van der Waals surface area (Å²) in [6.07, 6.45) is 5.26. The molecule has 3 N–H and O–H groups in total. The minimum atomic E-state index is -0.525. The average Bonchev–Trinajstić information content (AvgIpc) is 3.47. The Kier molecular flexibility index (Phi) is 4.70. The van der Waals surface area contributed by atoms with E-state index in [2.05, 4.69) is 42.3 Å². The van der Waals surface area contributed by atoms with Crippen LogP contribution >= 0.6 is 0 Å². The highest BCUT2D eigenvalue weighted by Gasteiger charge is 2.17. The second-order valence-corrected chi connectivity index (χ2v) is 8.50. The van der Waals surface area contributed by atoms with Gasteiger partial charge in [-0.05, 0) is 47.5 Å². The largest absolute Gasteiger partial charge is 0.508 e. The van der Waals surface area contributed by atoms with Gasteiger partial charge in [0.15, 0.2) is 11.5 Å². The van der Waals surface area contributed by atoms with Gasteiger partial charge in [-0.2, -0.15) is 5.10 Å². The Hall–Kier alpha value is -4.79. The molecule has 0 radical (unpaired) electrons. The van der Waals surface area contributed by atoms with Gasteiger partial charge < -0.3 is 15.0 Å². The van der Waals surface area contributed by atoms with Gasteiger partial charge in [0.1, 0.15) is 17.3 Å². The van der Waals surface area contributed by atoms with Crippen molar-refractivity contribution in [1.82, 2.24) is 30.1 Å². The van der Waals surface area contributed by atoms with Crippen LogP contribution in [0.1, 0.15) is 0 Å². The summed E-state index contributed by atoms with van der Waals surface area (Å²) in [6, 6.07) is 13.8. The smallest absolute Gasteiger partial charge is 0.178 e. The van der Waals surface area contributed by atoms with Gasteiger partial charge in [-0.25, -0.2) is 14.4 Å². The average molecular weight is 465 g/mol. The van der Waals surface area contributed by atoms with Crippen molar-refractivity contribution in [3.8, 4) is 39.5 Å². The highest BCUT2D eigenvalue weighted by Crippen LogP contribution is 2.34. The predicted molar refractivity (Wildman–Crippen MR) is 134 cm³/mol. The Labute approximate surface area is 199 Å². The Morgan fingerprint density at radius 1 is 0.943 bits per heavy atom. The van der Waals surface area contributed by atoms with Crippen molar-refractivity contribution in [2.24, 2.45) is 0 Å². The molecular formula is C26H20FN7O. The third-order valence-corrected chi connectivity index (χ3v) is 5.95. The summed E-state index contributed by atoms with van der Waals surface area (Å²) < 4.78 is 13.9. The molecule has 0 saturated heterocycles.